The van der Waals surface area contributed by atoms with E-state index in [1.807, 2.05) is 38.1 Å². The Labute approximate surface area is 151 Å². The molecule has 2 rings (SSSR count). The van der Waals surface area contributed by atoms with Gasteiger partial charge in [-0.2, -0.15) is 0 Å². The molecule has 2 nitrogen and oxygen atoms in total. The summed E-state index contributed by atoms with van der Waals surface area (Å²) in [5.41, 5.74) is 6.05. The van der Waals surface area contributed by atoms with E-state index >= 15 is 0 Å². The fraction of sp³-hybridized carbons (Fsp3) is 0.304. The van der Waals surface area contributed by atoms with Crippen LogP contribution in [-0.4, -0.2) is 10.2 Å². The Morgan fingerprint density at radius 1 is 0.800 bits per heavy atom. The highest BCUT2D eigenvalue weighted by atomic mass is 16.3. The number of rotatable bonds is 6. The molecule has 0 aliphatic carbocycles. The van der Waals surface area contributed by atoms with Crippen molar-refractivity contribution in [2.45, 2.75) is 46.0 Å². The summed E-state index contributed by atoms with van der Waals surface area (Å²) in [6.07, 6.45) is 5.14. The van der Waals surface area contributed by atoms with Crippen LogP contribution in [0.5, 0.6) is 11.5 Å². The van der Waals surface area contributed by atoms with Gasteiger partial charge >= 0.3 is 0 Å². The van der Waals surface area contributed by atoms with Crippen molar-refractivity contribution in [1.29, 1.82) is 0 Å². The second-order valence-corrected chi connectivity index (χ2v) is 7.08. The molecular weight excluding hydrogens is 308 g/mol. The van der Waals surface area contributed by atoms with Crippen LogP contribution < -0.4 is 0 Å². The molecule has 0 atom stereocenters. The lowest BCUT2D eigenvalue weighted by atomic mass is 9.72. The van der Waals surface area contributed by atoms with E-state index in [-0.39, 0.29) is 5.41 Å². The Bertz CT molecular complexity index is 746. The summed E-state index contributed by atoms with van der Waals surface area (Å²) in [7, 11) is 0. The first-order valence-electron chi connectivity index (χ1n) is 8.61. The number of hydrogen-bond donors (Lipinski definition) is 2. The third kappa shape index (κ3) is 3.34. The first-order valence-corrected chi connectivity index (χ1v) is 8.61. The standard InChI is InChI=1S/C23H28O2/c1-7-9-17-15(3)21(24)13-11-19(17)23(5,6)20-12-14-22(25)16(4)18(20)10-8-2/h7-8,11-14,24-25H,1-2,9-10H2,3-6H3. The zero-order valence-corrected chi connectivity index (χ0v) is 15.7. The molecule has 2 N–H and O–H groups in total. The maximum absolute atomic E-state index is 10.1. The number of phenolic OH excluding ortho intramolecular Hbond substituents is 2. The van der Waals surface area contributed by atoms with Crippen molar-refractivity contribution >= 4 is 0 Å². The Hall–Kier alpha value is -2.48. The molecule has 132 valence electrons. The second-order valence-electron chi connectivity index (χ2n) is 7.08. The summed E-state index contributed by atoms with van der Waals surface area (Å²) in [4.78, 5) is 0. The molecule has 0 saturated carbocycles. The predicted molar refractivity (Wildman–Crippen MR) is 106 cm³/mol. The summed E-state index contributed by atoms with van der Waals surface area (Å²) in [6, 6.07) is 7.53. The maximum Gasteiger partial charge on any atom is 0.118 e. The molecule has 25 heavy (non-hydrogen) atoms. The van der Waals surface area contributed by atoms with Crippen molar-refractivity contribution in [3.63, 3.8) is 0 Å². The van der Waals surface area contributed by atoms with Gasteiger partial charge in [0.2, 0.25) is 0 Å². The van der Waals surface area contributed by atoms with Crippen LogP contribution >= 0.6 is 0 Å². The topological polar surface area (TPSA) is 40.5 Å². The molecule has 0 spiro atoms. The Balaban J connectivity index is 2.76. The van der Waals surface area contributed by atoms with Gasteiger partial charge in [0, 0.05) is 5.41 Å². The van der Waals surface area contributed by atoms with Crippen LogP contribution in [0.1, 0.15) is 47.2 Å². The van der Waals surface area contributed by atoms with Crippen molar-refractivity contribution in [1.82, 2.24) is 0 Å². The van der Waals surface area contributed by atoms with Crippen molar-refractivity contribution in [3.05, 3.63) is 83.0 Å². The number of aromatic hydroxyl groups is 2. The van der Waals surface area contributed by atoms with E-state index < -0.39 is 0 Å². The van der Waals surface area contributed by atoms with E-state index in [9.17, 15) is 10.2 Å². The van der Waals surface area contributed by atoms with Gasteiger partial charge in [-0.1, -0.05) is 38.1 Å². The van der Waals surface area contributed by atoms with Crippen LogP contribution in [-0.2, 0) is 18.3 Å². The van der Waals surface area contributed by atoms with Gasteiger partial charge in [-0.15, -0.1) is 13.2 Å². The third-order valence-electron chi connectivity index (χ3n) is 5.18. The van der Waals surface area contributed by atoms with Gasteiger partial charge in [0.1, 0.15) is 11.5 Å². The highest BCUT2D eigenvalue weighted by molar-refractivity contribution is 5.55. The molecule has 2 aromatic rings. The monoisotopic (exact) mass is 336 g/mol. The van der Waals surface area contributed by atoms with Gasteiger partial charge in [0.15, 0.2) is 0 Å². The van der Waals surface area contributed by atoms with Crippen LogP contribution in [0, 0.1) is 13.8 Å². The van der Waals surface area contributed by atoms with Gasteiger partial charge in [-0.25, -0.2) is 0 Å². The molecule has 0 aliphatic heterocycles. The maximum atomic E-state index is 10.1. The molecule has 0 heterocycles. The zero-order valence-electron chi connectivity index (χ0n) is 15.7. The molecule has 0 aliphatic rings. The molecule has 0 bridgehead atoms. The highest BCUT2D eigenvalue weighted by Gasteiger charge is 2.30. The van der Waals surface area contributed by atoms with Crippen molar-refractivity contribution in [2.24, 2.45) is 0 Å². The molecule has 0 saturated heterocycles. The smallest absolute Gasteiger partial charge is 0.118 e. The van der Waals surface area contributed by atoms with Gasteiger partial charge in [0.25, 0.3) is 0 Å². The second kappa shape index (κ2) is 7.18. The van der Waals surface area contributed by atoms with E-state index in [0.717, 1.165) is 33.4 Å². The van der Waals surface area contributed by atoms with Crippen molar-refractivity contribution < 1.29 is 10.2 Å². The average Bonchev–Trinajstić information content (AvgIpc) is 2.56. The van der Waals surface area contributed by atoms with Gasteiger partial charge in [0.05, 0.1) is 0 Å². The number of hydrogen-bond acceptors (Lipinski definition) is 2. The van der Waals surface area contributed by atoms with Crippen LogP contribution in [0.25, 0.3) is 0 Å². The van der Waals surface area contributed by atoms with Crippen LogP contribution in [0.2, 0.25) is 0 Å². The zero-order chi connectivity index (χ0) is 18.8. The third-order valence-corrected chi connectivity index (χ3v) is 5.18. The summed E-state index contributed by atoms with van der Waals surface area (Å²) in [5.74, 6) is 0.620. The van der Waals surface area contributed by atoms with E-state index in [1.165, 1.54) is 0 Å². The summed E-state index contributed by atoms with van der Waals surface area (Å²) in [5, 5.41) is 20.3. The quantitative estimate of drug-likeness (QED) is 0.684. The molecule has 0 fully saturated rings. The minimum Gasteiger partial charge on any atom is -0.508 e. The molecule has 2 aromatic carbocycles. The number of benzene rings is 2. The van der Waals surface area contributed by atoms with E-state index in [4.69, 9.17) is 0 Å². The van der Waals surface area contributed by atoms with E-state index in [0.29, 0.717) is 24.3 Å². The van der Waals surface area contributed by atoms with Gasteiger partial charge in [-0.3, -0.25) is 0 Å². The number of phenols is 2. The first kappa shape index (κ1) is 18.9. The van der Waals surface area contributed by atoms with Crippen LogP contribution in [0.3, 0.4) is 0 Å². The fourth-order valence-electron chi connectivity index (χ4n) is 3.62. The van der Waals surface area contributed by atoms with E-state index in [1.54, 1.807) is 12.1 Å². The summed E-state index contributed by atoms with van der Waals surface area (Å²) >= 11 is 0. The lowest BCUT2D eigenvalue weighted by Gasteiger charge is -2.32. The Morgan fingerprint density at radius 3 is 1.48 bits per heavy atom. The molecule has 0 amide bonds. The molecule has 0 radical (unpaired) electrons. The predicted octanol–water partition coefficient (Wildman–Crippen LogP) is 5.50. The first-order chi connectivity index (χ1) is 11.8. The van der Waals surface area contributed by atoms with Crippen molar-refractivity contribution in [2.75, 3.05) is 0 Å². The Kier molecular flexibility index (Phi) is 5.42. The SMILES string of the molecule is C=CCc1c(C(C)(C)c2ccc(O)c(C)c2CC=C)ccc(O)c1C. The minimum absolute atomic E-state index is 0.284. The lowest BCUT2D eigenvalue weighted by Crippen LogP contribution is -2.24. The van der Waals surface area contributed by atoms with Gasteiger partial charge < -0.3 is 10.2 Å². The molecular formula is C23H28O2. The fourth-order valence-corrected chi connectivity index (χ4v) is 3.62. The van der Waals surface area contributed by atoms with Gasteiger partial charge in [-0.05, 0) is 72.2 Å². The van der Waals surface area contributed by atoms with E-state index in [2.05, 4.69) is 27.0 Å². The molecule has 2 heteroatoms. The van der Waals surface area contributed by atoms with Crippen LogP contribution in [0.15, 0.2) is 49.6 Å². The normalized spacial score (nSPS) is 11.4. The Morgan fingerprint density at radius 2 is 1.16 bits per heavy atom. The highest BCUT2D eigenvalue weighted by Crippen LogP contribution is 2.41. The summed E-state index contributed by atoms with van der Waals surface area (Å²) < 4.78 is 0. The summed E-state index contributed by atoms with van der Waals surface area (Å²) in [6.45, 7) is 16.0. The largest absolute Gasteiger partial charge is 0.508 e. The average molecular weight is 336 g/mol. The van der Waals surface area contributed by atoms with Crippen LogP contribution in [0.4, 0.5) is 0 Å². The number of allylic oxidation sites excluding steroid dienone is 2. The molecule has 0 unspecified atom stereocenters. The van der Waals surface area contributed by atoms with Crippen molar-refractivity contribution in [3.8, 4) is 11.5 Å². The minimum atomic E-state index is -0.284. The lowest BCUT2D eigenvalue weighted by molar-refractivity contribution is 0.468. The molecule has 0 aromatic heterocycles.